The number of hydrogen-bond acceptors (Lipinski definition) is 4. The van der Waals surface area contributed by atoms with Crippen LogP contribution >= 0.6 is 17.0 Å². The summed E-state index contributed by atoms with van der Waals surface area (Å²) in [6, 6.07) is 0.283. The average molecular weight is 296 g/mol. The second-order valence-corrected chi connectivity index (χ2v) is 11.0. The smallest absolute Gasteiger partial charge is 0.211 e. The van der Waals surface area contributed by atoms with Crippen LogP contribution in [0, 0.1) is 0 Å². The van der Waals surface area contributed by atoms with E-state index in [-0.39, 0.29) is 12.1 Å². The molecule has 1 atom stereocenters. The summed E-state index contributed by atoms with van der Waals surface area (Å²) >= 11 is 7.32. The zero-order valence-corrected chi connectivity index (χ0v) is 14.0. The van der Waals surface area contributed by atoms with E-state index in [2.05, 4.69) is 17.0 Å². The van der Waals surface area contributed by atoms with E-state index in [0.717, 1.165) is 5.75 Å². The first-order valence-corrected chi connectivity index (χ1v) is 10.4. The quantitative estimate of drug-likeness (QED) is 0.299. The predicted molar refractivity (Wildman–Crippen MR) is 84.6 cm³/mol. The van der Waals surface area contributed by atoms with E-state index < -0.39 is 5.62 Å². The van der Waals surface area contributed by atoms with Gasteiger partial charge in [-0.05, 0) is 45.9 Å². The van der Waals surface area contributed by atoms with Crippen molar-refractivity contribution >= 4 is 35.1 Å². The molecule has 0 aromatic carbocycles. The van der Waals surface area contributed by atoms with Crippen LogP contribution in [0.2, 0.25) is 0 Å². The molecule has 17 heavy (non-hydrogen) atoms. The van der Waals surface area contributed by atoms with Gasteiger partial charge in [0.1, 0.15) is 0 Å². The highest BCUT2D eigenvalue weighted by molar-refractivity contribution is 8.68. The average Bonchev–Trinajstić information content (AvgIpc) is 2.16. The van der Waals surface area contributed by atoms with Crippen LogP contribution in [0.15, 0.2) is 4.99 Å². The van der Waals surface area contributed by atoms with E-state index in [0.29, 0.717) is 0 Å². The van der Waals surface area contributed by atoms with Gasteiger partial charge < -0.3 is 9.61 Å². The fraction of sp³-hybridized carbons (Fsp3) is 0.909. The molecule has 3 nitrogen and oxygen atoms in total. The Morgan fingerprint density at radius 2 is 2.06 bits per heavy atom. The van der Waals surface area contributed by atoms with E-state index in [4.69, 9.17) is 16.3 Å². The minimum absolute atomic E-state index is 0.148. The normalized spacial score (nSPS) is 15.7. The second kappa shape index (κ2) is 9.37. The number of unbranched alkanes of at least 4 members (excludes halogenated alkanes) is 1. The van der Waals surface area contributed by atoms with Crippen molar-refractivity contribution in [3.63, 3.8) is 0 Å². The zero-order valence-electron chi connectivity index (χ0n) is 11.5. The Hall–Kier alpha value is 0.430. The molecule has 0 aromatic heterocycles. The molecule has 102 valence electrons. The summed E-state index contributed by atoms with van der Waals surface area (Å²) in [7, 11) is 0. The summed E-state index contributed by atoms with van der Waals surface area (Å²) in [5.41, 5.74) is -2.01. The van der Waals surface area contributed by atoms with Gasteiger partial charge in [0.15, 0.2) is 0 Å². The lowest BCUT2D eigenvalue weighted by molar-refractivity contribution is 0.274. The third-order valence-electron chi connectivity index (χ3n) is 1.70. The molecule has 0 aliphatic carbocycles. The maximum Gasteiger partial charge on any atom is 0.211 e. The van der Waals surface area contributed by atoms with Crippen molar-refractivity contribution in [1.82, 2.24) is 5.09 Å². The van der Waals surface area contributed by atoms with Crippen molar-refractivity contribution in [3.05, 3.63) is 0 Å². The van der Waals surface area contributed by atoms with Crippen LogP contribution < -0.4 is 5.09 Å². The molecule has 0 radical (unpaired) electrons. The molecule has 0 heterocycles. The van der Waals surface area contributed by atoms with E-state index in [1.54, 1.807) is 17.7 Å². The van der Waals surface area contributed by atoms with Crippen LogP contribution in [0.4, 0.5) is 0 Å². The maximum atomic E-state index is 5.85. The number of nitrogens with zero attached hydrogens (tertiary/aromatic N) is 1. The Morgan fingerprint density at radius 1 is 1.41 bits per heavy atom. The first-order chi connectivity index (χ1) is 7.89. The Morgan fingerprint density at radius 3 is 2.53 bits per heavy atom. The molecule has 1 N–H and O–H groups in total. The third kappa shape index (κ3) is 10.1. The molecular formula is C11H25N2OPS2. The molecule has 0 aliphatic rings. The van der Waals surface area contributed by atoms with Gasteiger partial charge in [0.25, 0.3) is 0 Å². The number of hydrogen-bond donors (Lipinski definition) is 1. The van der Waals surface area contributed by atoms with Crippen molar-refractivity contribution in [1.29, 1.82) is 0 Å². The van der Waals surface area contributed by atoms with Crippen LogP contribution in [-0.4, -0.2) is 24.2 Å². The lowest BCUT2D eigenvalue weighted by atomic mass is 10.4. The van der Waals surface area contributed by atoms with E-state index in [1.807, 2.05) is 27.7 Å². The largest absolute Gasteiger partial charge is 0.324 e. The summed E-state index contributed by atoms with van der Waals surface area (Å²) in [5.74, 6) is 1.04. The van der Waals surface area contributed by atoms with Gasteiger partial charge in [0.05, 0.1) is 12.4 Å². The Kier molecular flexibility index (Phi) is 9.61. The molecule has 1 unspecified atom stereocenters. The summed E-state index contributed by atoms with van der Waals surface area (Å²) in [6.07, 6.45) is 4.22. The minimum Gasteiger partial charge on any atom is -0.324 e. The van der Waals surface area contributed by atoms with E-state index >= 15 is 0 Å². The highest BCUT2D eigenvalue weighted by Crippen LogP contribution is 2.56. The SMILES string of the molecule is CCCCSP(=S)(NC=NC(C)C)OC(C)C. The first-order valence-electron chi connectivity index (χ1n) is 6.12. The molecule has 0 spiro atoms. The van der Waals surface area contributed by atoms with Gasteiger partial charge in [-0.25, -0.2) is 0 Å². The van der Waals surface area contributed by atoms with Gasteiger partial charge in [-0.1, -0.05) is 24.7 Å². The summed E-state index contributed by atoms with van der Waals surface area (Å²) in [6.45, 7) is 10.3. The Balaban J connectivity index is 4.33. The molecule has 0 amide bonds. The first kappa shape index (κ1) is 17.4. The molecule has 6 heteroatoms. The van der Waals surface area contributed by atoms with Crippen LogP contribution in [0.25, 0.3) is 0 Å². The van der Waals surface area contributed by atoms with Crippen molar-refractivity contribution in [3.8, 4) is 0 Å². The van der Waals surface area contributed by atoms with Gasteiger partial charge in [-0.2, -0.15) is 0 Å². The Bertz CT molecular complexity index is 270. The third-order valence-corrected chi connectivity index (χ3v) is 7.30. The highest BCUT2D eigenvalue weighted by Gasteiger charge is 2.18. The standard InChI is InChI=1S/C11H25N2OPS2/c1-6-7-8-17-15(16,14-11(4)5)13-9-12-10(2)3/h9-11H,6-8H2,1-5H3,(H,12,13,16). The van der Waals surface area contributed by atoms with Crippen molar-refractivity contribution in [2.75, 3.05) is 5.75 Å². The monoisotopic (exact) mass is 296 g/mol. The van der Waals surface area contributed by atoms with Crippen LogP contribution in [0.5, 0.6) is 0 Å². The molecule has 0 aromatic rings. The van der Waals surface area contributed by atoms with Gasteiger partial charge in [0, 0.05) is 11.8 Å². The van der Waals surface area contributed by atoms with Crippen LogP contribution in [0.3, 0.4) is 0 Å². The fourth-order valence-corrected chi connectivity index (χ4v) is 6.08. The molecule has 0 saturated heterocycles. The number of rotatable bonds is 9. The van der Waals surface area contributed by atoms with Crippen LogP contribution in [0.1, 0.15) is 47.5 Å². The van der Waals surface area contributed by atoms with Gasteiger partial charge >= 0.3 is 0 Å². The zero-order chi connectivity index (χ0) is 13.3. The lowest BCUT2D eigenvalue weighted by Crippen LogP contribution is -2.13. The summed E-state index contributed by atoms with van der Waals surface area (Å²) in [4.78, 5) is 4.28. The summed E-state index contributed by atoms with van der Waals surface area (Å²) < 4.78 is 5.85. The van der Waals surface area contributed by atoms with E-state index in [9.17, 15) is 0 Å². The molecule has 0 saturated carbocycles. The topological polar surface area (TPSA) is 33.6 Å². The van der Waals surface area contributed by atoms with Gasteiger partial charge in [-0.3, -0.25) is 4.99 Å². The van der Waals surface area contributed by atoms with Crippen molar-refractivity contribution in [2.45, 2.75) is 59.6 Å². The predicted octanol–water partition coefficient (Wildman–Crippen LogP) is 4.20. The Labute approximate surface area is 115 Å². The minimum atomic E-state index is -2.01. The second-order valence-electron chi connectivity index (χ2n) is 4.34. The van der Waals surface area contributed by atoms with Gasteiger partial charge in [-0.15, -0.1) is 0 Å². The molecule has 0 fully saturated rings. The lowest BCUT2D eigenvalue weighted by Gasteiger charge is -2.23. The molecular weight excluding hydrogens is 271 g/mol. The van der Waals surface area contributed by atoms with Crippen LogP contribution in [-0.2, 0) is 16.3 Å². The number of aliphatic imine (C=N–C) groups is 1. The molecule has 0 bridgehead atoms. The van der Waals surface area contributed by atoms with Gasteiger partial charge in [0.2, 0.25) is 5.62 Å². The van der Waals surface area contributed by atoms with Crippen molar-refractivity contribution < 1.29 is 4.52 Å². The maximum absolute atomic E-state index is 5.85. The number of nitrogens with one attached hydrogen (secondary N) is 1. The molecule has 0 aliphatic heterocycles. The highest BCUT2D eigenvalue weighted by atomic mass is 32.9. The van der Waals surface area contributed by atoms with E-state index in [1.165, 1.54) is 12.8 Å². The summed E-state index contributed by atoms with van der Waals surface area (Å²) in [5, 5.41) is 3.19. The molecule has 0 rings (SSSR count). The van der Waals surface area contributed by atoms with Crippen molar-refractivity contribution in [2.24, 2.45) is 4.99 Å². The fourth-order valence-electron chi connectivity index (χ4n) is 0.958.